The summed E-state index contributed by atoms with van der Waals surface area (Å²) in [5.41, 5.74) is -0.193. The van der Waals surface area contributed by atoms with Gasteiger partial charge in [-0.15, -0.1) is 26.6 Å². The molecule has 1 atom stereocenters. The summed E-state index contributed by atoms with van der Waals surface area (Å²) < 4.78 is 7.33. The molecule has 3 aromatic rings. The molecule has 22 heavy (non-hydrogen) atoms. The number of nitrogens with one attached hydrogen (secondary N) is 1. The lowest BCUT2D eigenvalue weighted by Crippen LogP contribution is -2.17. The fraction of sp³-hybridized carbons (Fsp3) is 0.385. The van der Waals surface area contributed by atoms with Crippen molar-refractivity contribution in [1.82, 2.24) is 25.0 Å². The quantitative estimate of drug-likeness (QED) is 0.696. The highest BCUT2D eigenvalue weighted by Crippen LogP contribution is 2.34. The van der Waals surface area contributed by atoms with E-state index < -0.39 is 0 Å². The molecule has 0 bridgehead atoms. The molecule has 0 saturated heterocycles. The van der Waals surface area contributed by atoms with Crippen molar-refractivity contribution in [2.75, 3.05) is 0 Å². The zero-order chi connectivity index (χ0) is 15.5. The van der Waals surface area contributed by atoms with E-state index in [1.165, 1.54) is 11.8 Å². The predicted molar refractivity (Wildman–Crippen MR) is 85.0 cm³/mol. The first-order valence-electron chi connectivity index (χ1n) is 6.88. The summed E-state index contributed by atoms with van der Waals surface area (Å²) >= 11 is 2.97. The number of hydrogen-bond donors (Lipinski definition) is 1. The fourth-order valence-electron chi connectivity index (χ4n) is 1.92. The first kappa shape index (κ1) is 15.0. The number of rotatable bonds is 6. The topological polar surface area (TPSA) is 89.6 Å². The van der Waals surface area contributed by atoms with Gasteiger partial charge < -0.3 is 4.42 Å². The molecule has 116 valence electrons. The minimum Gasteiger partial charge on any atom is -0.419 e. The summed E-state index contributed by atoms with van der Waals surface area (Å²) in [6, 6.07) is 3.88. The predicted octanol–water partition coefficient (Wildman–Crippen LogP) is 2.95. The molecule has 3 rings (SSSR count). The first-order chi connectivity index (χ1) is 10.7. The Balaban J connectivity index is 1.78. The largest absolute Gasteiger partial charge is 0.419 e. The maximum absolute atomic E-state index is 11.7. The number of aromatic nitrogens is 5. The summed E-state index contributed by atoms with van der Waals surface area (Å²) in [5, 5.41) is 17.2. The first-order valence-corrected chi connectivity index (χ1v) is 8.64. The Kier molecular flexibility index (Phi) is 4.44. The molecular weight excluding hydrogens is 322 g/mol. The molecule has 3 aromatic heterocycles. The third-order valence-electron chi connectivity index (χ3n) is 2.97. The monoisotopic (exact) mass is 337 g/mol. The van der Waals surface area contributed by atoms with Gasteiger partial charge >= 0.3 is 5.69 Å². The molecule has 7 nitrogen and oxygen atoms in total. The van der Waals surface area contributed by atoms with Crippen LogP contribution in [0, 0.1) is 0 Å². The van der Waals surface area contributed by atoms with Crippen LogP contribution in [0.5, 0.6) is 0 Å². The second kappa shape index (κ2) is 6.49. The Morgan fingerprint density at radius 3 is 3.09 bits per heavy atom. The number of nitrogens with zero attached hydrogens (tertiary/aromatic N) is 4. The van der Waals surface area contributed by atoms with E-state index in [0.717, 1.165) is 11.3 Å². The van der Waals surface area contributed by atoms with Crippen LogP contribution < -0.4 is 5.69 Å². The molecule has 0 unspecified atom stereocenters. The Morgan fingerprint density at radius 1 is 1.50 bits per heavy atom. The molecule has 1 N–H and O–H groups in total. The zero-order valence-electron chi connectivity index (χ0n) is 12.1. The molecule has 0 spiro atoms. The van der Waals surface area contributed by atoms with E-state index in [0.29, 0.717) is 23.5 Å². The lowest BCUT2D eigenvalue weighted by atomic mass is 10.5. The van der Waals surface area contributed by atoms with Crippen molar-refractivity contribution in [3.63, 3.8) is 0 Å². The van der Waals surface area contributed by atoms with Crippen LogP contribution >= 0.6 is 23.1 Å². The zero-order valence-corrected chi connectivity index (χ0v) is 13.8. The number of H-pyrrole nitrogens is 1. The van der Waals surface area contributed by atoms with Gasteiger partial charge in [0, 0.05) is 6.54 Å². The highest BCUT2D eigenvalue weighted by atomic mass is 32.2. The minimum absolute atomic E-state index is 0.0907. The van der Waals surface area contributed by atoms with Crippen molar-refractivity contribution < 1.29 is 4.42 Å². The van der Waals surface area contributed by atoms with Gasteiger partial charge in [-0.1, -0.05) is 24.8 Å². The Hall–Kier alpha value is -1.87. The number of aromatic amines is 1. The van der Waals surface area contributed by atoms with Crippen LogP contribution in [-0.4, -0.2) is 25.0 Å². The van der Waals surface area contributed by atoms with Gasteiger partial charge in [0.15, 0.2) is 5.16 Å². The lowest BCUT2D eigenvalue weighted by molar-refractivity contribution is 0.509. The van der Waals surface area contributed by atoms with Crippen molar-refractivity contribution in [1.29, 1.82) is 0 Å². The molecule has 0 radical (unpaired) electrons. The Bertz CT molecular complexity index is 790. The van der Waals surface area contributed by atoms with E-state index in [-0.39, 0.29) is 10.9 Å². The van der Waals surface area contributed by atoms with E-state index in [4.69, 9.17) is 4.42 Å². The third kappa shape index (κ3) is 3.00. The van der Waals surface area contributed by atoms with Crippen LogP contribution in [0.1, 0.15) is 31.4 Å². The normalized spacial score (nSPS) is 12.6. The van der Waals surface area contributed by atoms with Crippen LogP contribution in [0.25, 0.3) is 10.8 Å². The molecule has 0 aliphatic carbocycles. The van der Waals surface area contributed by atoms with Crippen LogP contribution in [0.3, 0.4) is 0 Å². The van der Waals surface area contributed by atoms with E-state index in [9.17, 15) is 4.79 Å². The maximum Gasteiger partial charge on any atom is 0.343 e. The standard InChI is InChI=1S/C13H15N5O2S2/c1-3-6-18-12(19)16-17-13(18)22-8(2)10-14-15-11(20-10)9-5-4-7-21-9/h4-5,7-8H,3,6H2,1-2H3,(H,16,19)/t8-/m1/s1. The maximum atomic E-state index is 11.7. The molecule has 0 aliphatic heterocycles. The molecule has 0 saturated carbocycles. The summed E-state index contributed by atoms with van der Waals surface area (Å²) in [5.74, 6) is 1.04. The van der Waals surface area contributed by atoms with Crippen LogP contribution in [0.15, 0.2) is 31.9 Å². The second-order valence-corrected chi connectivity index (χ2v) is 6.90. The smallest absolute Gasteiger partial charge is 0.343 e. The highest BCUT2D eigenvalue weighted by molar-refractivity contribution is 7.99. The summed E-state index contributed by atoms with van der Waals surface area (Å²) in [4.78, 5) is 12.6. The molecule has 0 fully saturated rings. The van der Waals surface area contributed by atoms with Crippen LogP contribution in [-0.2, 0) is 6.54 Å². The lowest BCUT2D eigenvalue weighted by Gasteiger charge is -2.06. The van der Waals surface area contributed by atoms with Crippen LogP contribution in [0.2, 0.25) is 0 Å². The number of hydrogen-bond acceptors (Lipinski definition) is 7. The van der Waals surface area contributed by atoms with Gasteiger partial charge in [0.05, 0.1) is 10.1 Å². The van der Waals surface area contributed by atoms with Crippen molar-refractivity contribution in [3.05, 3.63) is 33.9 Å². The van der Waals surface area contributed by atoms with Crippen molar-refractivity contribution >= 4 is 23.1 Å². The highest BCUT2D eigenvalue weighted by Gasteiger charge is 2.20. The van der Waals surface area contributed by atoms with Gasteiger partial charge in [0.2, 0.25) is 5.89 Å². The van der Waals surface area contributed by atoms with E-state index in [2.05, 4.69) is 20.4 Å². The Labute approximate surface area is 134 Å². The molecule has 0 aliphatic rings. The SMILES string of the molecule is CCCn1c(S[C@H](C)c2nnc(-c3cccs3)o2)n[nH]c1=O. The van der Waals surface area contributed by atoms with E-state index in [1.54, 1.807) is 15.9 Å². The molecule has 0 aromatic carbocycles. The van der Waals surface area contributed by atoms with Gasteiger partial charge in [-0.2, -0.15) is 0 Å². The Morgan fingerprint density at radius 2 is 2.36 bits per heavy atom. The number of thiophene rings is 1. The minimum atomic E-state index is -0.193. The van der Waals surface area contributed by atoms with Crippen LogP contribution in [0.4, 0.5) is 0 Å². The van der Waals surface area contributed by atoms with Gasteiger partial charge in [-0.25, -0.2) is 9.89 Å². The van der Waals surface area contributed by atoms with Crippen molar-refractivity contribution in [2.24, 2.45) is 0 Å². The van der Waals surface area contributed by atoms with Crippen molar-refractivity contribution in [3.8, 4) is 10.8 Å². The van der Waals surface area contributed by atoms with Gasteiger partial charge in [-0.3, -0.25) is 4.57 Å². The van der Waals surface area contributed by atoms with Gasteiger partial charge in [0.1, 0.15) is 0 Å². The van der Waals surface area contributed by atoms with E-state index >= 15 is 0 Å². The molecule has 9 heteroatoms. The summed E-state index contributed by atoms with van der Waals surface area (Å²) in [6.45, 7) is 4.60. The molecule has 3 heterocycles. The second-order valence-electron chi connectivity index (χ2n) is 4.65. The van der Waals surface area contributed by atoms with Gasteiger partial charge in [0.25, 0.3) is 5.89 Å². The van der Waals surface area contributed by atoms with E-state index in [1.807, 2.05) is 31.4 Å². The van der Waals surface area contributed by atoms with Gasteiger partial charge in [-0.05, 0) is 24.8 Å². The number of thioether (sulfide) groups is 1. The van der Waals surface area contributed by atoms with Crippen molar-refractivity contribution in [2.45, 2.75) is 37.2 Å². The summed E-state index contributed by atoms with van der Waals surface area (Å²) in [7, 11) is 0. The average molecular weight is 337 g/mol. The molecule has 0 amide bonds. The summed E-state index contributed by atoms with van der Waals surface area (Å²) in [6.07, 6.45) is 0.866. The fourth-order valence-corrected chi connectivity index (χ4v) is 3.48. The molecular formula is C13H15N5O2S2. The third-order valence-corrected chi connectivity index (χ3v) is 4.91. The average Bonchev–Trinajstić information content (AvgIpc) is 3.22.